The Bertz CT molecular complexity index is 808. The first-order valence-electron chi connectivity index (χ1n) is 9.54. The molecule has 0 atom stereocenters. The summed E-state index contributed by atoms with van der Waals surface area (Å²) in [5, 5.41) is 0. The maximum absolute atomic E-state index is 13.0. The van der Waals surface area contributed by atoms with Gasteiger partial charge in [-0.3, -0.25) is 9.69 Å². The average Bonchev–Trinajstić information content (AvgIpc) is 2.78. The van der Waals surface area contributed by atoms with E-state index < -0.39 is 0 Å². The van der Waals surface area contributed by atoms with Crippen molar-refractivity contribution >= 4 is 17.7 Å². The molecular formula is C22H28N2O4S. The molecule has 7 heteroatoms. The van der Waals surface area contributed by atoms with Crippen LogP contribution in [0.15, 0.2) is 41.3 Å². The molecule has 2 aromatic rings. The van der Waals surface area contributed by atoms with Crippen LogP contribution in [0, 0.1) is 0 Å². The molecule has 2 aromatic carbocycles. The van der Waals surface area contributed by atoms with Gasteiger partial charge in [0.15, 0.2) is 11.5 Å². The SMILES string of the molecule is COc1cc(C(=O)N2CCN(Cc3ccc(SC)cc3)CC2)cc(OC)c1OC. The van der Waals surface area contributed by atoms with Crippen LogP contribution in [-0.2, 0) is 6.54 Å². The van der Waals surface area contributed by atoms with Crippen LogP contribution in [0.4, 0.5) is 0 Å². The number of ether oxygens (including phenoxy) is 3. The van der Waals surface area contributed by atoms with E-state index in [1.54, 1.807) is 45.2 Å². The third-order valence-corrected chi connectivity index (χ3v) is 5.88. The van der Waals surface area contributed by atoms with E-state index in [1.165, 1.54) is 10.5 Å². The molecule has 1 aliphatic heterocycles. The Hall–Kier alpha value is -2.38. The van der Waals surface area contributed by atoms with Gasteiger partial charge in [0.25, 0.3) is 5.91 Å². The van der Waals surface area contributed by atoms with Crippen molar-refractivity contribution in [3.05, 3.63) is 47.5 Å². The second-order valence-corrected chi connectivity index (χ2v) is 7.71. The fourth-order valence-corrected chi connectivity index (χ4v) is 3.89. The first-order chi connectivity index (χ1) is 14.1. The number of hydrogen-bond donors (Lipinski definition) is 0. The van der Waals surface area contributed by atoms with E-state index in [0.29, 0.717) is 35.9 Å². The lowest BCUT2D eigenvalue weighted by Gasteiger charge is -2.35. The van der Waals surface area contributed by atoms with Crippen molar-refractivity contribution in [1.82, 2.24) is 9.80 Å². The molecule has 0 aromatic heterocycles. The van der Waals surface area contributed by atoms with Gasteiger partial charge < -0.3 is 19.1 Å². The number of carbonyl (C=O) groups is 1. The molecule has 1 fully saturated rings. The van der Waals surface area contributed by atoms with Gasteiger partial charge in [-0.15, -0.1) is 11.8 Å². The molecule has 0 radical (unpaired) electrons. The molecule has 0 aliphatic carbocycles. The van der Waals surface area contributed by atoms with E-state index in [0.717, 1.165) is 19.6 Å². The summed E-state index contributed by atoms with van der Waals surface area (Å²) in [4.78, 5) is 18.6. The van der Waals surface area contributed by atoms with Crippen molar-refractivity contribution in [2.45, 2.75) is 11.4 Å². The number of methoxy groups -OCH3 is 3. The third kappa shape index (κ3) is 4.97. The molecule has 1 saturated heterocycles. The minimum absolute atomic E-state index is 0.0202. The fourth-order valence-electron chi connectivity index (χ4n) is 3.49. The van der Waals surface area contributed by atoms with Gasteiger partial charge in [-0.1, -0.05) is 12.1 Å². The summed E-state index contributed by atoms with van der Waals surface area (Å²) in [6.45, 7) is 3.98. The highest BCUT2D eigenvalue weighted by atomic mass is 32.2. The number of amides is 1. The fraction of sp³-hybridized carbons (Fsp3) is 0.409. The van der Waals surface area contributed by atoms with Crippen LogP contribution < -0.4 is 14.2 Å². The molecule has 0 saturated carbocycles. The highest BCUT2D eigenvalue weighted by Gasteiger charge is 2.24. The van der Waals surface area contributed by atoms with Crippen molar-refractivity contribution in [3.63, 3.8) is 0 Å². The first-order valence-corrected chi connectivity index (χ1v) is 10.8. The van der Waals surface area contributed by atoms with Crippen LogP contribution >= 0.6 is 11.8 Å². The Morgan fingerprint density at radius 1 is 0.931 bits per heavy atom. The summed E-state index contributed by atoms with van der Waals surface area (Å²) in [6.07, 6.45) is 2.08. The second kappa shape index (κ2) is 9.89. The van der Waals surface area contributed by atoms with E-state index in [-0.39, 0.29) is 5.91 Å². The quantitative estimate of drug-likeness (QED) is 0.645. The largest absolute Gasteiger partial charge is 0.493 e. The zero-order valence-corrected chi connectivity index (χ0v) is 18.3. The normalized spacial score (nSPS) is 14.6. The van der Waals surface area contributed by atoms with Gasteiger partial charge in [-0.2, -0.15) is 0 Å². The standard InChI is InChI=1S/C22H28N2O4S/c1-26-19-13-17(14-20(27-2)21(19)28-3)22(25)24-11-9-23(10-12-24)15-16-5-7-18(29-4)8-6-16/h5-8,13-14H,9-12,15H2,1-4H3. The molecule has 6 nitrogen and oxygen atoms in total. The smallest absolute Gasteiger partial charge is 0.254 e. The van der Waals surface area contributed by atoms with Gasteiger partial charge in [0.1, 0.15) is 0 Å². The minimum Gasteiger partial charge on any atom is -0.493 e. The van der Waals surface area contributed by atoms with Crippen LogP contribution in [-0.4, -0.2) is 69.5 Å². The summed E-state index contributed by atoms with van der Waals surface area (Å²) in [5.41, 5.74) is 1.84. The lowest BCUT2D eigenvalue weighted by Crippen LogP contribution is -2.48. The summed E-state index contributed by atoms with van der Waals surface area (Å²) in [5.74, 6) is 1.45. The highest BCUT2D eigenvalue weighted by Crippen LogP contribution is 2.38. The van der Waals surface area contributed by atoms with Crippen LogP contribution in [0.3, 0.4) is 0 Å². The van der Waals surface area contributed by atoms with Gasteiger partial charge in [0.05, 0.1) is 21.3 Å². The molecule has 1 heterocycles. The van der Waals surface area contributed by atoms with Crippen LogP contribution in [0.25, 0.3) is 0 Å². The van der Waals surface area contributed by atoms with Crippen molar-refractivity contribution in [2.24, 2.45) is 0 Å². The predicted molar refractivity (Wildman–Crippen MR) is 116 cm³/mol. The zero-order chi connectivity index (χ0) is 20.8. The topological polar surface area (TPSA) is 51.2 Å². The summed E-state index contributed by atoms with van der Waals surface area (Å²) >= 11 is 1.75. The molecule has 0 spiro atoms. The second-order valence-electron chi connectivity index (χ2n) is 6.83. The molecule has 29 heavy (non-hydrogen) atoms. The van der Waals surface area contributed by atoms with Crippen molar-refractivity contribution in [1.29, 1.82) is 0 Å². The number of nitrogens with zero attached hydrogens (tertiary/aromatic N) is 2. The van der Waals surface area contributed by atoms with Gasteiger partial charge in [0, 0.05) is 43.2 Å². The molecule has 0 bridgehead atoms. The Labute approximate surface area is 176 Å². The number of carbonyl (C=O) groups excluding carboxylic acids is 1. The number of thioether (sulfide) groups is 1. The zero-order valence-electron chi connectivity index (χ0n) is 17.4. The van der Waals surface area contributed by atoms with Crippen molar-refractivity contribution in [3.8, 4) is 17.2 Å². The number of hydrogen-bond acceptors (Lipinski definition) is 6. The van der Waals surface area contributed by atoms with Gasteiger partial charge in [0.2, 0.25) is 5.75 Å². The predicted octanol–water partition coefficient (Wildman–Crippen LogP) is 3.39. The first kappa shape index (κ1) is 21.3. The van der Waals surface area contributed by atoms with Gasteiger partial charge in [-0.05, 0) is 36.1 Å². The lowest BCUT2D eigenvalue weighted by molar-refractivity contribution is 0.0627. The van der Waals surface area contributed by atoms with Crippen LogP contribution in [0.1, 0.15) is 15.9 Å². The Morgan fingerprint density at radius 2 is 1.52 bits per heavy atom. The highest BCUT2D eigenvalue weighted by molar-refractivity contribution is 7.98. The van der Waals surface area contributed by atoms with Crippen molar-refractivity contribution in [2.75, 3.05) is 53.8 Å². The van der Waals surface area contributed by atoms with Crippen LogP contribution in [0.5, 0.6) is 17.2 Å². The van der Waals surface area contributed by atoms with Crippen LogP contribution in [0.2, 0.25) is 0 Å². The van der Waals surface area contributed by atoms with E-state index in [2.05, 4.69) is 35.4 Å². The lowest BCUT2D eigenvalue weighted by atomic mass is 10.1. The maximum atomic E-state index is 13.0. The summed E-state index contributed by atoms with van der Waals surface area (Å²) in [7, 11) is 4.65. The Morgan fingerprint density at radius 3 is 2.00 bits per heavy atom. The van der Waals surface area contributed by atoms with E-state index in [4.69, 9.17) is 14.2 Å². The van der Waals surface area contributed by atoms with Crippen molar-refractivity contribution < 1.29 is 19.0 Å². The summed E-state index contributed by atoms with van der Waals surface area (Å²) < 4.78 is 16.1. The third-order valence-electron chi connectivity index (χ3n) is 5.14. The molecular weight excluding hydrogens is 388 g/mol. The Balaban J connectivity index is 1.63. The van der Waals surface area contributed by atoms with E-state index in [9.17, 15) is 4.79 Å². The molecule has 0 unspecified atom stereocenters. The monoisotopic (exact) mass is 416 g/mol. The van der Waals surface area contributed by atoms with E-state index in [1.807, 2.05) is 4.90 Å². The number of benzene rings is 2. The molecule has 0 N–H and O–H groups in total. The van der Waals surface area contributed by atoms with E-state index >= 15 is 0 Å². The number of piperazine rings is 1. The Kier molecular flexibility index (Phi) is 7.28. The molecule has 3 rings (SSSR count). The molecule has 1 amide bonds. The minimum atomic E-state index is -0.0202. The average molecular weight is 417 g/mol. The van der Waals surface area contributed by atoms with Gasteiger partial charge >= 0.3 is 0 Å². The number of rotatable bonds is 7. The van der Waals surface area contributed by atoms with Gasteiger partial charge in [-0.25, -0.2) is 0 Å². The summed E-state index contributed by atoms with van der Waals surface area (Å²) in [6, 6.07) is 12.1. The molecule has 1 aliphatic rings. The molecule has 156 valence electrons. The maximum Gasteiger partial charge on any atom is 0.254 e.